The lowest BCUT2D eigenvalue weighted by atomic mass is 10.1. The first-order valence-corrected chi connectivity index (χ1v) is 15.5. The number of hydrogen-bond acceptors (Lipinski definition) is 6. The molecule has 0 radical (unpaired) electrons. The third kappa shape index (κ3) is 7.39. The van der Waals surface area contributed by atoms with E-state index in [1.54, 1.807) is 6.92 Å². The van der Waals surface area contributed by atoms with Crippen molar-refractivity contribution in [2.45, 2.75) is 50.6 Å². The number of amides is 2. The van der Waals surface area contributed by atoms with Crippen molar-refractivity contribution in [3.05, 3.63) is 84.2 Å². The molecule has 3 aromatic rings. The fourth-order valence-electron chi connectivity index (χ4n) is 4.65. The molecule has 9 nitrogen and oxygen atoms in total. The molecule has 11 heteroatoms. The fourth-order valence-corrected chi connectivity index (χ4v) is 6.08. The van der Waals surface area contributed by atoms with Crippen LogP contribution in [0.15, 0.2) is 77.7 Å². The second-order valence-electron chi connectivity index (χ2n) is 9.87. The topological polar surface area (TPSA) is 105 Å². The van der Waals surface area contributed by atoms with Crippen LogP contribution in [0, 0.1) is 5.82 Å². The predicted octanol–water partition coefficient (Wildman–Crippen LogP) is 4.52. The summed E-state index contributed by atoms with van der Waals surface area (Å²) < 4.78 is 54.0. The number of benzene rings is 3. The number of carbonyl (C=O) groups excluding carboxylic acids is 2. The largest absolute Gasteiger partial charge is 0.486 e. The molecule has 42 heavy (non-hydrogen) atoms. The lowest BCUT2D eigenvalue weighted by Crippen LogP contribution is -2.52. The zero-order valence-electron chi connectivity index (χ0n) is 23.8. The maximum Gasteiger partial charge on any atom is 0.264 e. The molecule has 224 valence electrons. The van der Waals surface area contributed by atoms with E-state index in [0.29, 0.717) is 25.3 Å². The summed E-state index contributed by atoms with van der Waals surface area (Å²) in [6.45, 7) is 4.38. The van der Waals surface area contributed by atoms with E-state index in [9.17, 15) is 22.4 Å². The van der Waals surface area contributed by atoms with Crippen LogP contribution in [0.1, 0.15) is 38.7 Å². The normalized spacial score (nSPS) is 13.2. The number of rotatable bonds is 13. The van der Waals surface area contributed by atoms with Crippen LogP contribution in [0.5, 0.6) is 11.5 Å². The van der Waals surface area contributed by atoms with Gasteiger partial charge in [0.1, 0.15) is 31.6 Å². The lowest BCUT2D eigenvalue weighted by Gasteiger charge is -2.33. The van der Waals surface area contributed by atoms with Crippen LogP contribution in [0.25, 0.3) is 0 Å². The number of fused-ring (bicyclic) bond motifs is 1. The molecule has 1 unspecified atom stereocenters. The molecule has 0 aliphatic carbocycles. The fraction of sp³-hybridized carbons (Fsp3) is 0.355. The van der Waals surface area contributed by atoms with Crippen molar-refractivity contribution >= 4 is 27.5 Å². The Hall–Kier alpha value is -4.12. The Balaban J connectivity index is 1.71. The highest BCUT2D eigenvalue weighted by molar-refractivity contribution is 7.92. The Morgan fingerprint density at radius 2 is 1.64 bits per heavy atom. The molecule has 1 heterocycles. The minimum atomic E-state index is -4.34. The van der Waals surface area contributed by atoms with Crippen LogP contribution in [-0.2, 0) is 26.2 Å². The third-order valence-electron chi connectivity index (χ3n) is 6.91. The summed E-state index contributed by atoms with van der Waals surface area (Å²) in [6.07, 6.45) is 2.01. The number of nitrogens with one attached hydrogen (secondary N) is 1. The van der Waals surface area contributed by atoms with Gasteiger partial charge in [-0.05, 0) is 54.8 Å². The van der Waals surface area contributed by atoms with E-state index in [0.717, 1.165) is 34.8 Å². The Morgan fingerprint density at radius 3 is 2.31 bits per heavy atom. The number of carbonyl (C=O) groups is 2. The van der Waals surface area contributed by atoms with Crippen molar-refractivity contribution < 1.29 is 31.9 Å². The van der Waals surface area contributed by atoms with Crippen molar-refractivity contribution in [2.75, 3.05) is 30.6 Å². The number of halogens is 1. The van der Waals surface area contributed by atoms with Gasteiger partial charge in [0.2, 0.25) is 11.8 Å². The van der Waals surface area contributed by atoms with E-state index in [2.05, 4.69) is 5.32 Å². The van der Waals surface area contributed by atoms with Gasteiger partial charge in [-0.3, -0.25) is 13.9 Å². The second kappa shape index (κ2) is 14.2. The van der Waals surface area contributed by atoms with Crippen molar-refractivity contribution in [3.8, 4) is 11.5 Å². The van der Waals surface area contributed by atoms with Gasteiger partial charge in [-0.1, -0.05) is 50.6 Å². The first-order valence-electron chi connectivity index (χ1n) is 14.0. The molecular formula is C31H36FN3O6S. The molecule has 0 spiro atoms. The van der Waals surface area contributed by atoms with E-state index >= 15 is 0 Å². The number of ether oxygens (including phenoxy) is 2. The van der Waals surface area contributed by atoms with Gasteiger partial charge >= 0.3 is 0 Å². The molecule has 1 aliphatic rings. The first-order chi connectivity index (χ1) is 20.2. The first kappa shape index (κ1) is 30.8. The second-order valence-corrected chi connectivity index (χ2v) is 11.7. The average Bonchev–Trinajstić information content (AvgIpc) is 3.00. The van der Waals surface area contributed by atoms with Crippen LogP contribution >= 0.6 is 0 Å². The van der Waals surface area contributed by atoms with Crippen LogP contribution in [0.4, 0.5) is 10.1 Å². The minimum Gasteiger partial charge on any atom is -0.486 e. The highest BCUT2D eigenvalue weighted by atomic mass is 32.2. The summed E-state index contributed by atoms with van der Waals surface area (Å²) in [5.74, 6) is -0.756. The van der Waals surface area contributed by atoms with Gasteiger partial charge in [0.25, 0.3) is 10.0 Å². The van der Waals surface area contributed by atoms with Gasteiger partial charge in [-0.25, -0.2) is 12.8 Å². The number of hydrogen-bond donors (Lipinski definition) is 1. The van der Waals surface area contributed by atoms with E-state index in [4.69, 9.17) is 9.47 Å². The quantitative estimate of drug-likeness (QED) is 0.291. The van der Waals surface area contributed by atoms with Crippen molar-refractivity contribution in [3.63, 3.8) is 0 Å². The molecule has 0 saturated carbocycles. The summed E-state index contributed by atoms with van der Waals surface area (Å²) in [5.41, 5.74) is 0.883. The zero-order chi connectivity index (χ0) is 30.1. The average molecular weight is 598 g/mol. The highest BCUT2D eigenvalue weighted by Gasteiger charge is 2.34. The third-order valence-corrected chi connectivity index (χ3v) is 8.68. The van der Waals surface area contributed by atoms with Crippen LogP contribution in [0.2, 0.25) is 0 Å². The maximum atomic E-state index is 14.1. The van der Waals surface area contributed by atoms with Crippen LogP contribution in [0.3, 0.4) is 0 Å². The Kier molecular flexibility index (Phi) is 10.4. The number of anilines is 1. The molecule has 0 fully saturated rings. The molecule has 2 amide bonds. The molecule has 3 aromatic carbocycles. The molecule has 1 N–H and O–H groups in total. The standard InChI is InChI=1S/C31H36FN3O6S/c1-3-5-17-33-31(37)27(4-2)34(21-23-9-7-6-8-10-23)30(36)22-35(25-13-11-24(32)12-14-25)42(38,39)26-15-16-28-29(20-26)41-19-18-40-28/h6-16,20,27H,3-5,17-19,21-22H2,1-2H3,(H,33,37). The summed E-state index contributed by atoms with van der Waals surface area (Å²) in [7, 11) is -4.34. The number of unbranched alkanes of at least 4 members (excludes halogenated alkanes) is 1. The SMILES string of the molecule is CCCCNC(=O)C(CC)N(Cc1ccccc1)C(=O)CN(c1ccc(F)cc1)S(=O)(=O)c1ccc2c(c1)OCCO2. The van der Waals surface area contributed by atoms with Crippen molar-refractivity contribution in [1.82, 2.24) is 10.2 Å². The molecule has 0 saturated heterocycles. The van der Waals surface area contributed by atoms with E-state index in [1.165, 1.54) is 35.2 Å². The van der Waals surface area contributed by atoms with Crippen molar-refractivity contribution in [2.24, 2.45) is 0 Å². The van der Waals surface area contributed by atoms with E-state index in [1.807, 2.05) is 37.3 Å². The maximum absolute atomic E-state index is 14.1. The molecule has 0 aromatic heterocycles. The minimum absolute atomic E-state index is 0.0970. The Labute approximate surface area is 246 Å². The smallest absolute Gasteiger partial charge is 0.264 e. The number of sulfonamides is 1. The van der Waals surface area contributed by atoms with Crippen LogP contribution in [-0.4, -0.2) is 57.5 Å². The number of nitrogens with zero attached hydrogens (tertiary/aromatic N) is 2. The van der Waals surface area contributed by atoms with Gasteiger partial charge in [0, 0.05) is 19.2 Å². The Bertz CT molecular complexity index is 1470. The molecule has 0 bridgehead atoms. The Morgan fingerprint density at radius 1 is 0.952 bits per heavy atom. The lowest BCUT2D eigenvalue weighted by molar-refractivity contribution is -0.140. The highest BCUT2D eigenvalue weighted by Crippen LogP contribution is 2.34. The van der Waals surface area contributed by atoms with Gasteiger partial charge in [0.05, 0.1) is 10.6 Å². The van der Waals surface area contributed by atoms with E-state index in [-0.39, 0.29) is 35.4 Å². The molecule has 4 rings (SSSR count). The van der Waals surface area contributed by atoms with Gasteiger partial charge in [0.15, 0.2) is 11.5 Å². The van der Waals surface area contributed by atoms with Crippen molar-refractivity contribution in [1.29, 1.82) is 0 Å². The molecular weight excluding hydrogens is 561 g/mol. The van der Waals surface area contributed by atoms with Gasteiger partial charge < -0.3 is 19.7 Å². The van der Waals surface area contributed by atoms with Gasteiger partial charge in [-0.15, -0.1) is 0 Å². The molecule has 1 aliphatic heterocycles. The summed E-state index contributed by atoms with van der Waals surface area (Å²) >= 11 is 0. The summed E-state index contributed by atoms with van der Waals surface area (Å²) in [5, 5.41) is 2.90. The monoisotopic (exact) mass is 597 g/mol. The summed E-state index contributed by atoms with van der Waals surface area (Å²) in [6, 6.07) is 17.4. The predicted molar refractivity (Wildman–Crippen MR) is 157 cm³/mol. The summed E-state index contributed by atoms with van der Waals surface area (Å²) in [4.78, 5) is 28.6. The zero-order valence-corrected chi connectivity index (χ0v) is 24.6. The van der Waals surface area contributed by atoms with Crippen LogP contribution < -0.4 is 19.1 Å². The molecule has 1 atom stereocenters. The van der Waals surface area contributed by atoms with Gasteiger partial charge in [-0.2, -0.15) is 0 Å². The van der Waals surface area contributed by atoms with E-state index < -0.39 is 34.3 Å².